The molecule has 2 heterocycles. The molecule has 0 saturated carbocycles. The number of benzene rings is 2. The predicted octanol–water partition coefficient (Wildman–Crippen LogP) is 2.77. The highest BCUT2D eigenvalue weighted by Crippen LogP contribution is 2.24. The second kappa shape index (κ2) is 5.59. The van der Waals surface area contributed by atoms with Crippen LogP contribution in [0.3, 0.4) is 0 Å². The van der Waals surface area contributed by atoms with Gasteiger partial charge in [0.1, 0.15) is 0 Å². The number of amides is 2. The molecule has 25 heavy (non-hydrogen) atoms. The fourth-order valence-electron chi connectivity index (χ4n) is 2.99. The number of aromatic amines is 1. The van der Waals surface area contributed by atoms with Gasteiger partial charge in [-0.25, -0.2) is 4.79 Å². The van der Waals surface area contributed by atoms with Crippen LogP contribution in [0.2, 0.25) is 0 Å². The first-order valence-electron chi connectivity index (χ1n) is 7.80. The number of hydrogen-bond acceptors (Lipinski definition) is 4. The lowest BCUT2D eigenvalue weighted by Gasteiger charge is -2.12. The third-order valence-electron chi connectivity index (χ3n) is 4.21. The van der Waals surface area contributed by atoms with E-state index >= 15 is 0 Å². The van der Waals surface area contributed by atoms with Gasteiger partial charge in [0, 0.05) is 17.1 Å². The number of carbonyl (C=O) groups excluding carboxylic acids is 3. The highest BCUT2D eigenvalue weighted by molar-refractivity contribution is 6.20. The monoisotopic (exact) mass is 334 g/mol. The minimum absolute atomic E-state index is 0.0452. The average molecular weight is 334 g/mol. The highest BCUT2D eigenvalue weighted by Gasteiger charge is 2.38. The lowest BCUT2D eigenvalue weighted by molar-refractivity contribution is -0.167. The number of rotatable bonds is 3. The van der Waals surface area contributed by atoms with E-state index in [1.807, 2.05) is 25.1 Å². The molecule has 0 aliphatic carbocycles. The highest BCUT2D eigenvalue weighted by atomic mass is 16.7. The third kappa shape index (κ3) is 2.48. The van der Waals surface area contributed by atoms with Crippen molar-refractivity contribution < 1.29 is 19.2 Å². The Labute approximate surface area is 143 Å². The molecule has 1 N–H and O–H groups in total. The molecule has 2 amide bonds. The fourth-order valence-corrected chi connectivity index (χ4v) is 2.99. The molecule has 0 saturated heterocycles. The second-order valence-electron chi connectivity index (χ2n) is 5.95. The van der Waals surface area contributed by atoms with E-state index in [1.54, 1.807) is 18.3 Å². The minimum Gasteiger partial charge on any atom is -0.361 e. The quantitative estimate of drug-likeness (QED) is 0.747. The number of nitrogens with zero attached hydrogens (tertiary/aromatic N) is 1. The van der Waals surface area contributed by atoms with Crippen LogP contribution in [0.25, 0.3) is 10.9 Å². The topological polar surface area (TPSA) is 79.5 Å². The Bertz CT molecular complexity index is 1000. The molecule has 0 bridgehead atoms. The minimum atomic E-state index is -0.670. The van der Waals surface area contributed by atoms with Crippen molar-refractivity contribution in [2.24, 2.45) is 0 Å². The lowest BCUT2D eigenvalue weighted by Crippen LogP contribution is -2.33. The maximum absolute atomic E-state index is 12.2. The van der Waals surface area contributed by atoms with Crippen molar-refractivity contribution in [1.29, 1.82) is 0 Å². The number of carbonyl (C=O) groups is 3. The molecular formula is C19H14N2O4. The Kier molecular flexibility index (Phi) is 3.39. The van der Waals surface area contributed by atoms with Gasteiger partial charge < -0.3 is 9.82 Å². The summed E-state index contributed by atoms with van der Waals surface area (Å²) in [6, 6.07) is 12.2. The van der Waals surface area contributed by atoms with Crippen molar-refractivity contribution in [2.45, 2.75) is 13.3 Å². The van der Waals surface area contributed by atoms with Crippen molar-refractivity contribution in [3.8, 4) is 0 Å². The van der Waals surface area contributed by atoms with Gasteiger partial charge in [0.15, 0.2) is 0 Å². The van der Waals surface area contributed by atoms with Crippen LogP contribution in [0.4, 0.5) is 0 Å². The van der Waals surface area contributed by atoms with Crippen molar-refractivity contribution >= 4 is 28.7 Å². The van der Waals surface area contributed by atoms with Gasteiger partial charge in [-0.15, -0.1) is 0 Å². The SMILES string of the molecule is Cc1ccc2c(CC(=O)ON3C(=O)c4ccccc4C3=O)c[nH]c2c1. The van der Waals surface area contributed by atoms with Crippen molar-refractivity contribution in [1.82, 2.24) is 10.0 Å². The molecule has 0 radical (unpaired) electrons. The average Bonchev–Trinajstić information content (AvgIpc) is 3.09. The summed E-state index contributed by atoms with van der Waals surface area (Å²) in [6.07, 6.45) is 1.68. The number of hydroxylamine groups is 2. The molecule has 1 aromatic heterocycles. The number of nitrogens with one attached hydrogen (secondary N) is 1. The van der Waals surface area contributed by atoms with E-state index in [0.29, 0.717) is 5.06 Å². The molecule has 2 aromatic carbocycles. The smallest absolute Gasteiger partial charge is 0.337 e. The Morgan fingerprint density at radius 2 is 1.76 bits per heavy atom. The van der Waals surface area contributed by atoms with Gasteiger partial charge in [-0.2, -0.15) is 0 Å². The summed E-state index contributed by atoms with van der Waals surface area (Å²) in [7, 11) is 0. The summed E-state index contributed by atoms with van der Waals surface area (Å²) in [4.78, 5) is 44.8. The molecule has 1 aliphatic rings. The van der Waals surface area contributed by atoms with Gasteiger partial charge in [-0.3, -0.25) is 9.59 Å². The molecule has 4 rings (SSSR count). The summed E-state index contributed by atoms with van der Waals surface area (Å²) in [5.74, 6) is -1.91. The van der Waals surface area contributed by atoms with E-state index in [4.69, 9.17) is 4.84 Å². The van der Waals surface area contributed by atoms with E-state index in [9.17, 15) is 14.4 Å². The molecule has 1 aliphatic heterocycles. The van der Waals surface area contributed by atoms with E-state index in [2.05, 4.69) is 4.98 Å². The molecule has 0 unspecified atom stereocenters. The number of imide groups is 1. The molecule has 6 heteroatoms. The van der Waals surface area contributed by atoms with Crippen LogP contribution >= 0.6 is 0 Å². The van der Waals surface area contributed by atoms with Gasteiger partial charge in [0.25, 0.3) is 11.8 Å². The normalized spacial score (nSPS) is 13.4. The fraction of sp³-hybridized carbons (Fsp3) is 0.105. The Hall–Kier alpha value is -3.41. The molecule has 6 nitrogen and oxygen atoms in total. The van der Waals surface area contributed by atoms with E-state index in [1.165, 1.54) is 12.1 Å². The van der Waals surface area contributed by atoms with Crippen LogP contribution in [0.5, 0.6) is 0 Å². The maximum Gasteiger partial charge on any atom is 0.337 e. The standard InChI is InChI=1S/C19H14N2O4/c1-11-6-7-13-12(10-20-16(13)8-11)9-17(22)25-21-18(23)14-4-2-3-5-15(14)19(21)24/h2-8,10,20H,9H2,1H3. The Morgan fingerprint density at radius 3 is 2.44 bits per heavy atom. The molecule has 0 atom stereocenters. The van der Waals surface area contributed by atoms with Gasteiger partial charge >= 0.3 is 5.97 Å². The second-order valence-corrected chi connectivity index (χ2v) is 5.95. The molecule has 0 fully saturated rings. The van der Waals surface area contributed by atoms with Crippen LogP contribution in [-0.4, -0.2) is 27.8 Å². The first kappa shape index (κ1) is 15.1. The zero-order valence-corrected chi connectivity index (χ0v) is 13.4. The zero-order chi connectivity index (χ0) is 17.6. The molecular weight excluding hydrogens is 320 g/mol. The van der Waals surface area contributed by atoms with Crippen molar-refractivity contribution in [2.75, 3.05) is 0 Å². The van der Waals surface area contributed by atoms with Gasteiger partial charge in [0.2, 0.25) is 0 Å². The lowest BCUT2D eigenvalue weighted by atomic mass is 10.1. The first-order chi connectivity index (χ1) is 12.0. The van der Waals surface area contributed by atoms with Gasteiger partial charge in [0.05, 0.1) is 17.5 Å². The number of aryl methyl sites for hydroxylation is 1. The van der Waals surface area contributed by atoms with Crippen molar-refractivity contribution in [3.05, 3.63) is 70.9 Å². The number of fused-ring (bicyclic) bond motifs is 2. The van der Waals surface area contributed by atoms with E-state index in [0.717, 1.165) is 22.0 Å². The summed E-state index contributed by atoms with van der Waals surface area (Å²) in [5.41, 5.74) is 3.25. The van der Waals surface area contributed by atoms with Crippen LogP contribution in [0.1, 0.15) is 31.8 Å². The van der Waals surface area contributed by atoms with Crippen LogP contribution in [-0.2, 0) is 16.1 Å². The first-order valence-corrected chi connectivity index (χ1v) is 7.80. The summed E-state index contributed by atoms with van der Waals surface area (Å²) < 4.78 is 0. The molecule has 0 spiro atoms. The van der Waals surface area contributed by atoms with E-state index < -0.39 is 17.8 Å². The zero-order valence-electron chi connectivity index (χ0n) is 13.4. The predicted molar refractivity (Wildman–Crippen MR) is 89.8 cm³/mol. The summed E-state index contributed by atoms with van der Waals surface area (Å²) in [6.45, 7) is 1.98. The van der Waals surface area contributed by atoms with Gasteiger partial charge in [-0.1, -0.05) is 29.3 Å². The molecule has 124 valence electrons. The van der Waals surface area contributed by atoms with E-state index in [-0.39, 0.29) is 17.5 Å². The largest absolute Gasteiger partial charge is 0.361 e. The summed E-state index contributed by atoms with van der Waals surface area (Å²) in [5, 5.41) is 1.44. The Balaban J connectivity index is 1.53. The van der Waals surface area contributed by atoms with Crippen LogP contribution in [0, 0.1) is 6.92 Å². The van der Waals surface area contributed by atoms with Crippen LogP contribution < -0.4 is 0 Å². The van der Waals surface area contributed by atoms with Crippen LogP contribution in [0.15, 0.2) is 48.7 Å². The number of H-pyrrole nitrogens is 1. The van der Waals surface area contributed by atoms with Gasteiger partial charge in [-0.05, 0) is 36.2 Å². The van der Waals surface area contributed by atoms with Crippen molar-refractivity contribution in [3.63, 3.8) is 0 Å². The third-order valence-corrected chi connectivity index (χ3v) is 4.21. The number of aromatic nitrogens is 1. The number of hydrogen-bond donors (Lipinski definition) is 1. The molecule has 3 aromatic rings. The summed E-state index contributed by atoms with van der Waals surface area (Å²) >= 11 is 0. The Morgan fingerprint density at radius 1 is 1.08 bits per heavy atom. The maximum atomic E-state index is 12.2.